The summed E-state index contributed by atoms with van der Waals surface area (Å²) in [7, 11) is 0. The van der Waals surface area contributed by atoms with E-state index in [1.54, 1.807) is 25.1 Å². The van der Waals surface area contributed by atoms with Crippen molar-refractivity contribution in [2.75, 3.05) is 24.8 Å². The maximum absolute atomic E-state index is 12.3. The third-order valence-electron chi connectivity index (χ3n) is 4.79. The van der Waals surface area contributed by atoms with Gasteiger partial charge in [-0.3, -0.25) is 4.79 Å². The first-order chi connectivity index (χ1) is 14.0. The Bertz CT molecular complexity index is 862. The largest absolute Gasteiger partial charge is 0.454 e. The van der Waals surface area contributed by atoms with E-state index in [2.05, 4.69) is 24.1 Å². The van der Waals surface area contributed by atoms with Gasteiger partial charge in [0, 0.05) is 25.3 Å². The van der Waals surface area contributed by atoms with Crippen LogP contribution in [0.3, 0.4) is 0 Å². The predicted molar refractivity (Wildman–Crippen MR) is 109 cm³/mol. The summed E-state index contributed by atoms with van der Waals surface area (Å²) in [6, 6.07) is 12.7. The molecule has 0 bridgehead atoms. The first kappa shape index (κ1) is 20.5. The fraction of sp³-hybridized carbons (Fsp3) is 0.364. The molecule has 2 aromatic carbocycles. The molecule has 1 N–H and O–H groups in total. The van der Waals surface area contributed by atoms with Crippen molar-refractivity contribution in [1.82, 2.24) is 5.32 Å². The van der Waals surface area contributed by atoms with Gasteiger partial charge in [-0.25, -0.2) is 4.79 Å². The minimum Gasteiger partial charge on any atom is -0.454 e. The molecule has 0 spiro atoms. The van der Waals surface area contributed by atoms with Crippen LogP contribution in [0.5, 0.6) is 11.5 Å². The standard InChI is InChI=1S/C22H26N2O5/c1-4-24(5-2)18-9-7-17(8-10-18)22(26)29-15(3)21(25)23-13-16-6-11-19-20(12-16)28-14-27-19/h6-12,15H,4-5,13-14H2,1-3H3,(H,23,25). The second kappa shape index (κ2) is 9.32. The highest BCUT2D eigenvalue weighted by atomic mass is 16.7. The van der Waals surface area contributed by atoms with E-state index in [1.807, 2.05) is 24.3 Å². The molecule has 1 atom stereocenters. The number of esters is 1. The third-order valence-corrected chi connectivity index (χ3v) is 4.79. The molecular weight excluding hydrogens is 372 g/mol. The Labute approximate surface area is 170 Å². The molecule has 29 heavy (non-hydrogen) atoms. The van der Waals surface area contributed by atoms with Crippen molar-refractivity contribution in [3.63, 3.8) is 0 Å². The van der Waals surface area contributed by atoms with Crippen LogP contribution in [0.15, 0.2) is 42.5 Å². The van der Waals surface area contributed by atoms with Crippen LogP contribution >= 0.6 is 0 Å². The van der Waals surface area contributed by atoms with Crippen molar-refractivity contribution >= 4 is 17.6 Å². The minimum atomic E-state index is -0.904. The van der Waals surface area contributed by atoms with Crippen LogP contribution in [0.25, 0.3) is 0 Å². The summed E-state index contributed by atoms with van der Waals surface area (Å²) in [6.45, 7) is 7.99. The van der Waals surface area contributed by atoms with Gasteiger partial charge < -0.3 is 24.4 Å². The summed E-state index contributed by atoms with van der Waals surface area (Å²) in [5.74, 6) is 0.455. The number of hydrogen-bond acceptors (Lipinski definition) is 6. The van der Waals surface area contributed by atoms with Gasteiger partial charge in [0.1, 0.15) is 0 Å². The highest BCUT2D eigenvalue weighted by Gasteiger charge is 2.19. The molecule has 1 aliphatic heterocycles. The van der Waals surface area contributed by atoms with E-state index >= 15 is 0 Å². The Morgan fingerprint density at radius 2 is 1.76 bits per heavy atom. The molecule has 1 heterocycles. The summed E-state index contributed by atoms with van der Waals surface area (Å²) in [5, 5.41) is 2.77. The van der Waals surface area contributed by atoms with Crippen LogP contribution in [0.2, 0.25) is 0 Å². The Hall–Kier alpha value is -3.22. The number of carbonyl (C=O) groups excluding carboxylic acids is 2. The zero-order valence-electron chi connectivity index (χ0n) is 16.9. The van der Waals surface area contributed by atoms with Crippen molar-refractivity contribution in [2.45, 2.75) is 33.4 Å². The molecule has 0 aliphatic carbocycles. The first-order valence-corrected chi connectivity index (χ1v) is 9.74. The molecule has 7 heteroatoms. The van der Waals surface area contributed by atoms with Crippen LogP contribution in [-0.4, -0.2) is 37.9 Å². The highest BCUT2D eigenvalue weighted by molar-refractivity contribution is 5.92. The molecule has 3 rings (SSSR count). The van der Waals surface area contributed by atoms with Crippen molar-refractivity contribution in [3.8, 4) is 11.5 Å². The van der Waals surface area contributed by atoms with E-state index in [4.69, 9.17) is 14.2 Å². The van der Waals surface area contributed by atoms with Crippen LogP contribution < -0.4 is 19.7 Å². The van der Waals surface area contributed by atoms with Gasteiger partial charge in [-0.2, -0.15) is 0 Å². The number of anilines is 1. The Morgan fingerprint density at radius 1 is 1.07 bits per heavy atom. The van der Waals surface area contributed by atoms with Crippen LogP contribution in [0.1, 0.15) is 36.7 Å². The van der Waals surface area contributed by atoms with Crippen molar-refractivity contribution < 1.29 is 23.8 Å². The van der Waals surface area contributed by atoms with Gasteiger partial charge in [0.25, 0.3) is 5.91 Å². The monoisotopic (exact) mass is 398 g/mol. The number of amides is 1. The van der Waals surface area contributed by atoms with Gasteiger partial charge >= 0.3 is 5.97 Å². The van der Waals surface area contributed by atoms with Crippen molar-refractivity contribution in [3.05, 3.63) is 53.6 Å². The summed E-state index contributed by atoms with van der Waals surface area (Å²) in [4.78, 5) is 26.8. The van der Waals surface area contributed by atoms with Gasteiger partial charge in [-0.1, -0.05) is 6.07 Å². The molecule has 1 aliphatic rings. The fourth-order valence-electron chi connectivity index (χ4n) is 3.06. The third kappa shape index (κ3) is 4.99. The fourth-order valence-corrected chi connectivity index (χ4v) is 3.06. The minimum absolute atomic E-state index is 0.202. The molecule has 7 nitrogen and oxygen atoms in total. The van der Waals surface area contributed by atoms with E-state index in [1.165, 1.54) is 0 Å². The number of benzene rings is 2. The van der Waals surface area contributed by atoms with Crippen molar-refractivity contribution in [1.29, 1.82) is 0 Å². The molecule has 0 saturated heterocycles. The highest BCUT2D eigenvalue weighted by Crippen LogP contribution is 2.32. The molecule has 1 amide bonds. The zero-order valence-corrected chi connectivity index (χ0v) is 16.9. The molecule has 0 aromatic heterocycles. The summed E-state index contributed by atoms with van der Waals surface area (Å²) >= 11 is 0. The number of nitrogens with one attached hydrogen (secondary N) is 1. The normalized spacial score (nSPS) is 12.9. The second-order valence-electron chi connectivity index (χ2n) is 6.67. The SMILES string of the molecule is CCN(CC)c1ccc(C(=O)OC(C)C(=O)NCc2ccc3c(c2)OCO3)cc1. The number of nitrogens with zero attached hydrogens (tertiary/aromatic N) is 1. The van der Waals surface area contributed by atoms with E-state index in [-0.39, 0.29) is 12.7 Å². The molecule has 154 valence electrons. The summed E-state index contributed by atoms with van der Waals surface area (Å²) in [5.41, 5.74) is 2.32. The lowest BCUT2D eigenvalue weighted by molar-refractivity contribution is -0.129. The first-order valence-electron chi connectivity index (χ1n) is 9.74. The lowest BCUT2D eigenvalue weighted by Gasteiger charge is -2.21. The second-order valence-corrected chi connectivity index (χ2v) is 6.67. The average Bonchev–Trinajstić information content (AvgIpc) is 3.21. The van der Waals surface area contributed by atoms with Gasteiger partial charge in [0.2, 0.25) is 6.79 Å². The molecule has 0 saturated carbocycles. The lowest BCUT2D eigenvalue weighted by atomic mass is 10.2. The Kier molecular flexibility index (Phi) is 6.59. The number of carbonyl (C=O) groups is 2. The number of rotatable bonds is 8. The molecule has 1 unspecified atom stereocenters. The number of ether oxygens (including phenoxy) is 3. The van der Waals surface area contributed by atoms with E-state index in [0.717, 1.165) is 24.3 Å². The maximum atomic E-state index is 12.3. The predicted octanol–water partition coefficient (Wildman–Crippen LogP) is 3.12. The van der Waals surface area contributed by atoms with Crippen LogP contribution in [0, 0.1) is 0 Å². The average molecular weight is 398 g/mol. The molecule has 0 radical (unpaired) electrons. The smallest absolute Gasteiger partial charge is 0.338 e. The van der Waals surface area contributed by atoms with E-state index in [9.17, 15) is 9.59 Å². The van der Waals surface area contributed by atoms with Gasteiger partial charge in [-0.15, -0.1) is 0 Å². The lowest BCUT2D eigenvalue weighted by Crippen LogP contribution is -2.35. The molecule has 2 aromatic rings. The summed E-state index contributed by atoms with van der Waals surface area (Å²) < 4.78 is 15.9. The Balaban J connectivity index is 1.51. The quantitative estimate of drug-likeness (QED) is 0.689. The topological polar surface area (TPSA) is 77.1 Å². The van der Waals surface area contributed by atoms with Gasteiger partial charge in [0.05, 0.1) is 5.56 Å². The van der Waals surface area contributed by atoms with Crippen molar-refractivity contribution in [2.24, 2.45) is 0 Å². The van der Waals surface area contributed by atoms with Crippen LogP contribution in [0.4, 0.5) is 5.69 Å². The zero-order chi connectivity index (χ0) is 20.8. The summed E-state index contributed by atoms with van der Waals surface area (Å²) in [6.07, 6.45) is -0.904. The van der Waals surface area contributed by atoms with E-state index in [0.29, 0.717) is 23.6 Å². The van der Waals surface area contributed by atoms with E-state index < -0.39 is 12.1 Å². The molecular formula is C22H26N2O5. The Morgan fingerprint density at radius 3 is 2.45 bits per heavy atom. The maximum Gasteiger partial charge on any atom is 0.338 e. The van der Waals surface area contributed by atoms with Crippen LogP contribution in [-0.2, 0) is 16.1 Å². The van der Waals surface area contributed by atoms with Gasteiger partial charge in [-0.05, 0) is 62.7 Å². The number of fused-ring (bicyclic) bond motifs is 1. The number of hydrogen-bond donors (Lipinski definition) is 1. The van der Waals surface area contributed by atoms with Gasteiger partial charge in [0.15, 0.2) is 17.6 Å². The molecule has 0 fully saturated rings.